The van der Waals surface area contributed by atoms with Gasteiger partial charge in [0.25, 0.3) is 5.56 Å². The van der Waals surface area contributed by atoms with Gasteiger partial charge >= 0.3 is 5.97 Å². The number of methoxy groups -OCH3 is 1. The van der Waals surface area contributed by atoms with Gasteiger partial charge in [-0.15, -0.1) is 0 Å². The van der Waals surface area contributed by atoms with Gasteiger partial charge in [-0.3, -0.25) is 9.36 Å². The third-order valence-corrected chi connectivity index (χ3v) is 7.32. The van der Waals surface area contributed by atoms with Crippen molar-refractivity contribution in [3.63, 3.8) is 0 Å². The molecule has 0 N–H and O–H groups in total. The Morgan fingerprint density at radius 1 is 1.12 bits per heavy atom. The summed E-state index contributed by atoms with van der Waals surface area (Å²) in [5.74, 6) is 1.34. The van der Waals surface area contributed by atoms with E-state index in [1.54, 1.807) is 31.6 Å². The van der Waals surface area contributed by atoms with Gasteiger partial charge < -0.3 is 18.9 Å². The van der Waals surface area contributed by atoms with E-state index >= 15 is 0 Å². The molecule has 0 spiro atoms. The van der Waals surface area contributed by atoms with Crippen LogP contribution in [0, 0.1) is 0 Å². The third kappa shape index (κ3) is 6.14. The highest BCUT2D eigenvalue weighted by atomic mass is 32.1. The molecule has 40 heavy (non-hydrogen) atoms. The van der Waals surface area contributed by atoms with Gasteiger partial charge in [0, 0.05) is 5.56 Å². The fourth-order valence-corrected chi connectivity index (χ4v) is 5.57. The van der Waals surface area contributed by atoms with Crippen molar-refractivity contribution < 1.29 is 23.7 Å². The normalized spacial score (nSPS) is 15.1. The minimum Gasteiger partial charge on any atom is -0.493 e. The van der Waals surface area contributed by atoms with Gasteiger partial charge in [-0.25, -0.2) is 9.79 Å². The van der Waals surface area contributed by atoms with Crippen LogP contribution in [0.2, 0.25) is 0 Å². The van der Waals surface area contributed by atoms with E-state index in [1.807, 2.05) is 56.3 Å². The number of esters is 1. The standard InChI is InChI=1S/C31H36N2O6S/c1-7-9-16-38-24-15-14-21(17-25(24)36-6)18-26-29(34)33-28(22-12-10-11-13-23(22)39-19(3)4)27(30(35)37-8-2)20(5)32-31(33)40-26/h10-15,17-19,28H,7-9,16H2,1-6H3/b26-18+/t28-/m0/s1. The number of nitrogens with zero attached hydrogens (tertiary/aromatic N) is 2. The Morgan fingerprint density at radius 2 is 1.90 bits per heavy atom. The molecule has 3 aromatic rings. The molecule has 0 saturated carbocycles. The molecule has 8 nitrogen and oxygen atoms in total. The van der Waals surface area contributed by atoms with Gasteiger partial charge in [-0.1, -0.05) is 48.9 Å². The lowest BCUT2D eigenvalue weighted by molar-refractivity contribution is -0.139. The van der Waals surface area contributed by atoms with E-state index in [0.29, 0.717) is 50.0 Å². The van der Waals surface area contributed by atoms with E-state index in [9.17, 15) is 9.59 Å². The number of allylic oxidation sites excluding steroid dienone is 1. The number of benzene rings is 2. The molecule has 1 aromatic heterocycles. The third-order valence-electron chi connectivity index (χ3n) is 6.33. The van der Waals surface area contributed by atoms with E-state index in [1.165, 1.54) is 11.3 Å². The van der Waals surface area contributed by atoms with E-state index in [0.717, 1.165) is 18.4 Å². The Hall–Kier alpha value is -3.85. The zero-order valence-electron chi connectivity index (χ0n) is 23.9. The molecule has 2 aromatic carbocycles. The molecule has 0 saturated heterocycles. The maximum Gasteiger partial charge on any atom is 0.338 e. The average Bonchev–Trinajstić information content (AvgIpc) is 3.22. The van der Waals surface area contributed by atoms with E-state index in [2.05, 4.69) is 11.9 Å². The highest BCUT2D eigenvalue weighted by Crippen LogP contribution is 2.36. The number of unbranched alkanes of at least 4 members (excludes halogenated alkanes) is 1. The number of ether oxygens (including phenoxy) is 4. The zero-order valence-corrected chi connectivity index (χ0v) is 24.7. The van der Waals surface area contributed by atoms with Crippen molar-refractivity contribution >= 4 is 23.4 Å². The number of hydrogen-bond donors (Lipinski definition) is 0. The smallest absolute Gasteiger partial charge is 0.338 e. The summed E-state index contributed by atoms with van der Waals surface area (Å²) in [5, 5.41) is 0. The number of fused-ring (bicyclic) bond motifs is 1. The quantitative estimate of drug-likeness (QED) is 0.246. The van der Waals surface area contributed by atoms with Crippen LogP contribution in [0.5, 0.6) is 17.2 Å². The predicted octanol–water partition coefficient (Wildman–Crippen LogP) is 4.77. The molecular formula is C31H36N2O6S. The molecule has 1 aliphatic heterocycles. The van der Waals surface area contributed by atoms with Crippen molar-refractivity contribution in [3.8, 4) is 17.2 Å². The van der Waals surface area contributed by atoms with Crippen molar-refractivity contribution in [1.29, 1.82) is 0 Å². The van der Waals surface area contributed by atoms with E-state index < -0.39 is 12.0 Å². The Balaban J connectivity index is 1.87. The molecule has 0 fully saturated rings. The predicted molar refractivity (Wildman–Crippen MR) is 156 cm³/mol. The van der Waals surface area contributed by atoms with Crippen molar-refractivity contribution in [2.45, 2.75) is 59.6 Å². The average molecular weight is 565 g/mol. The van der Waals surface area contributed by atoms with Crippen LogP contribution < -0.4 is 29.1 Å². The van der Waals surface area contributed by atoms with Crippen LogP contribution in [0.25, 0.3) is 6.08 Å². The van der Waals surface area contributed by atoms with Crippen LogP contribution in [0.4, 0.5) is 0 Å². The second kappa shape index (κ2) is 13.0. The van der Waals surface area contributed by atoms with E-state index in [-0.39, 0.29) is 18.3 Å². The lowest BCUT2D eigenvalue weighted by atomic mass is 9.95. The Labute approximate surface area is 238 Å². The van der Waals surface area contributed by atoms with Crippen LogP contribution in [0.3, 0.4) is 0 Å². The summed E-state index contributed by atoms with van der Waals surface area (Å²) in [7, 11) is 1.59. The molecule has 0 radical (unpaired) electrons. The number of aromatic nitrogens is 1. The Kier molecular flexibility index (Phi) is 9.47. The summed E-state index contributed by atoms with van der Waals surface area (Å²) in [6.07, 6.45) is 3.69. The minimum absolute atomic E-state index is 0.1000. The fraction of sp³-hybridized carbons (Fsp3) is 0.387. The molecule has 0 amide bonds. The number of thiazole rings is 1. The van der Waals surface area contributed by atoms with Crippen LogP contribution in [0.1, 0.15) is 64.6 Å². The first kappa shape index (κ1) is 29.1. The number of hydrogen-bond acceptors (Lipinski definition) is 8. The molecule has 0 aliphatic carbocycles. The van der Waals surface area contributed by atoms with Crippen molar-refractivity contribution in [2.75, 3.05) is 20.3 Å². The van der Waals surface area contributed by atoms with Crippen LogP contribution in [-0.2, 0) is 9.53 Å². The molecule has 1 atom stereocenters. The summed E-state index contributed by atoms with van der Waals surface area (Å²) in [6, 6.07) is 12.3. The minimum atomic E-state index is -0.753. The maximum absolute atomic E-state index is 14.0. The summed E-state index contributed by atoms with van der Waals surface area (Å²) in [6.45, 7) is 10.3. The second-order valence-electron chi connectivity index (χ2n) is 9.62. The van der Waals surface area contributed by atoms with Gasteiger partial charge in [0.15, 0.2) is 16.3 Å². The molecule has 0 bridgehead atoms. The van der Waals surface area contributed by atoms with Crippen molar-refractivity contribution in [3.05, 3.63) is 84.5 Å². The number of carbonyl (C=O) groups is 1. The van der Waals surface area contributed by atoms with Gasteiger partial charge in [-0.05, 0) is 64.0 Å². The first-order valence-corrected chi connectivity index (χ1v) is 14.4. The lowest BCUT2D eigenvalue weighted by Gasteiger charge is -2.26. The first-order valence-electron chi connectivity index (χ1n) is 13.5. The van der Waals surface area contributed by atoms with E-state index in [4.69, 9.17) is 18.9 Å². The fourth-order valence-electron chi connectivity index (χ4n) is 4.52. The summed E-state index contributed by atoms with van der Waals surface area (Å²) in [4.78, 5) is 32.4. The highest BCUT2D eigenvalue weighted by molar-refractivity contribution is 7.07. The summed E-state index contributed by atoms with van der Waals surface area (Å²) >= 11 is 1.27. The van der Waals surface area contributed by atoms with Gasteiger partial charge in [0.05, 0.1) is 42.2 Å². The van der Waals surface area contributed by atoms with Gasteiger partial charge in [0.2, 0.25) is 0 Å². The van der Waals surface area contributed by atoms with Crippen molar-refractivity contribution in [2.24, 2.45) is 4.99 Å². The largest absolute Gasteiger partial charge is 0.493 e. The first-order chi connectivity index (χ1) is 19.3. The SMILES string of the molecule is CCCCOc1ccc(/C=c2/sc3n(c2=O)[C@@H](c2ccccc2OC(C)C)C(C(=O)OCC)=C(C)N=3)cc1OC. The monoisotopic (exact) mass is 564 g/mol. The summed E-state index contributed by atoms with van der Waals surface area (Å²) < 4.78 is 25.0. The summed E-state index contributed by atoms with van der Waals surface area (Å²) in [5.41, 5.74) is 2.04. The van der Waals surface area contributed by atoms with Gasteiger partial charge in [0.1, 0.15) is 11.8 Å². The molecule has 4 rings (SSSR count). The topological polar surface area (TPSA) is 88.4 Å². The lowest BCUT2D eigenvalue weighted by Crippen LogP contribution is -2.40. The number of para-hydroxylation sites is 1. The Bertz CT molecular complexity index is 1580. The van der Waals surface area contributed by atoms with Crippen LogP contribution >= 0.6 is 11.3 Å². The van der Waals surface area contributed by atoms with Crippen molar-refractivity contribution in [1.82, 2.24) is 4.57 Å². The Morgan fingerprint density at radius 3 is 2.60 bits per heavy atom. The maximum atomic E-state index is 14.0. The van der Waals surface area contributed by atoms with Gasteiger partial charge in [-0.2, -0.15) is 0 Å². The molecule has 9 heteroatoms. The number of rotatable bonds is 11. The van der Waals surface area contributed by atoms with Crippen LogP contribution in [0.15, 0.2) is 63.5 Å². The molecule has 2 heterocycles. The number of carbonyl (C=O) groups excluding carboxylic acids is 1. The molecule has 0 unspecified atom stereocenters. The zero-order chi connectivity index (χ0) is 28.8. The molecule has 212 valence electrons. The highest BCUT2D eigenvalue weighted by Gasteiger charge is 2.35. The molecular weight excluding hydrogens is 528 g/mol. The molecule has 1 aliphatic rings. The second-order valence-corrected chi connectivity index (χ2v) is 10.6. The van der Waals surface area contributed by atoms with Crippen LogP contribution in [-0.4, -0.2) is 37.0 Å².